The van der Waals surface area contributed by atoms with E-state index in [0.29, 0.717) is 23.2 Å². The lowest BCUT2D eigenvalue weighted by Crippen LogP contribution is -2.40. The largest absolute Gasteiger partial charge is 0.382 e. The van der Waals surface area contributed by atoms with E-state index in [1.165, 1.54) is 5.56 Å². The molecule has 0 saturated carbocycles. The Morgan fingerprint density at radius 2 is 1.88 bits per heavy atom. The second kappa shape index (κ2) is 8.16. The molecule has 1 heterocycles. The summed E-state index contributed by atoms with van der Waals surface area (Å²) in [6.45, 7) is 5.85. The summed E-state index contributed by atoms with van der Waals surface area (Å²) in [6.07, 6.45) is 2.04. The van der Waals surface area contributed by atoms with E-state index in [2.05, 4.69) is 47.5 Å². The minimum Gasteiger partial charge on any atom is -0.382 e. The number of nitrogens with one attached hydrogen (secondary N) is 1. The number of nitriles is 1. The average Bonchev–Trinajstić information content (AvgIpc) is 2.68. The average molecular weight is 347 g/mol. The molecule has 1 unspecified atom stereocenters. The first-order valence-electron chi connectivity index (χ1n) is 9.19. The van der Waals surface area contributed by atoms with Gasteiger partial charge in [0.25, 0.3) is 0 Å². The lowest BCUT2D eigenvalue weighted by molar-refractivity contribution is 0.101. The van der Waals surface area contributed by atoms with Crippen LogP contribution in [0.25, 0.3) is 0 Å². The molecule has 2 aromatic rings. The van der Waals surface area contributed by atoms with E-state index in [9.17, 15) is 4.79 Å². The van der Waals surface area contributed by atoms with Gasteiger partial charge in [0.05, 0.1) is 11.6 Å². The summed E-state index contributed by atoms with van der Waals surface area (Å²) in [4.78, 5) is 14.4. The molecule has 1 aliphatic heterocycles. The number of hydrogen-bond acceptors (Lipinski definition) is 4. The molecular formula is C22H25N3O. The van der Waals surface area contributed by atoms with Crippen molar-refractivity contribution in [3.05, 3.63) is 65.2 Å². The third kappa shape index (κ3) is 4.12. The number of likely N-dealkylation sites (tertiary alicyclic amines) is 1. The number of ketones is 1. The SMILES string of the molecule is CC(=O)c1ccc(C#N)cc1NC1CCN(C(C)c2ccccc2)CC1. The molecule has 0 radical (unpaired) electrons. The highest BCUT2D eigenvalue weighted by atomic mass is 16.1. The maximum Gasteiger partial charge on any atom is 0.161 e. The van der Waals surface area contributed by atoms with Crippen molar-refractivity contribution in [2.45, 2.75) is 38.8 Å². The van der Waals surface area contributed by atoms with Gasteiger partial charge in [-0.1, -0.05) is 30.3 Å². The van der Waals surface area contributed by atoms with E-state index >= 15 is 0 Å². The summed E-state index contributed by atoms with van der Waals surface area (Å²) >= 11 is 0. The van der Waals surface area contributed by atoms with E-state index in [4.69, 9.17) is 5.26 Å². The van der Waals surface area contributed by atoms with Crippen molar-refractivity contribution in [1.29, 1.82) is 5.26 Å². The number of carbonyl (C=O) groups excluding carboxylic acids is 1. The predicted molar refractivity (Wildman–Crippen MR) is 104 cm³/mol. The van der Waals surface area contributed by atoms with Crippen molar-refractivity contribution in [3.63, 3.8) is 0 Å². The molecule has 0 amide bonds. The molecule has 1 fully saturated rings. The first kappa shape index (κ1) is 18.2. The Morgan fingerprint density at radius 1 is 1.19 bits per heavy atom. The third-order valence-electron chi connectivity index (χ3n) is 5.25. The molecule has 0 bridgehead atoms. The Bertz CT molecular complexity index is 802. The molecule has 1 atom stereocenters. The number of piperidine rings is 1. The van der Waals surface area contributed by atoms with Gasteiger partial charge >= 0.3 is 0 Å². The fraction of sp³-hybridized carbons (Fsp3) is 0.364. The van der Waals surface area contributed by atoms with Crippen molar-refractivity contribution < 1.29 is 4.79 Å². The van der Waals surface area contributed by atoms with Gasteiger partial charge in [-0.3, -0.25) is 9.69 Å². The van der Waals surface area contributed by atoms with Gasteiger partial charge in [-0.15, -0.1) is 0 Å². The first-order valence-corrected chi connectivity index (χ1v) is 9.19. The highest BCUT2D eigenvalue weighted by molar-refractivity contribution is 5.99. The summed E-state index contributed by atoms with van der Waals surface area (Å²) < 4.78 is 0. The van der Waals surface area contributed by atoms with Crippen LogP contribution in [0.1, 0.15) is 54.2 Å². The topological polar surface area (TPSA) is 56.1 Å². The summed E-state index contributed by atoms with van der Waals surface area (Å²) in [5.41, 5.74) is 3.36. The minimum absolute atomic E-state index is 0.0205. The van der Waals surface area contributed by atoms with Crippen LogP contribution in [0, 0.1) is 11.3 Å². The van der Waals surface area contributed by atoms with Crippen molar-refractivity contribution in [3.8, 4) is 6.07 Å². The first-order chi connectivity index (χ1) is 12.6. The number of carbonyl (C=O) groups is 1. The maximum atomic E-state index is 11.9. The van der Waals surface area contributed by atoms with Crippen LogP contribution in [0.15, 0.2) is 48.5 Å². The summed E-state index contributed by atoms with van der Waals surface area (Å²) in [7, 11) is 0. The van der Waals surface area contributed by atoms with Crippen LogP contribution in [0.3, 0.4) is 0 Å². The highest BCUT2D eigenvalue weighted by Crippen LogP contribution is 2.27. The smallest absolute Gasteiger partial charge is 0.161 e. The van der Waals surface area contributed by atoms with E-state index in [0.717, 1.165) is 31.6 Å². The van der Waals surface area contributed by atoms with Gasteiger partial charge in [0.15, 0.2) is 5.78 Å². The zero-order valence-corrected chi connectivity index (χ0v) is 15.4. The molecule has 1 saturated heterocycles. The normalized spacial score (nSPS) is 16.7. The van der Waals surface area contributed by atoms with Crippen LogP contribution in [0.4, 0.5) is 5.69 Å². The van der Waals surface area contributed by atoms with E-state index in [1.54, 1.807) is 25.1 Å². The van der Waals surface area contributed by atoms with E-state index in [1.807, 2.05) is 6.07 Å². The van der Waals surface area contributed by atoms with Crippen molar-refractivity contribution in [2.75, 3.05) is 18.4 Å². The molecule has 0 aromatic heterocycles. The lowest BCUT2D eigenvalue weighted by atomic mass is 9.99. The quantitative estimate of drug-likeness (QED) is 0.815. The standard InChI is InChI=1S/C22H25N3O/c1-16(19-6-4-3-5-7-19)25-12-10-20(11-13-25)24-22-14-18(15-23)8-9-21(22)17(2)26/h3-9,14,16,20,24H,10-13H2,1-2H3. The molecule has 0 spiro atoms. The van der Waals surface area contributed by atoms with Gasteiger partial charge in [0.2, 0.25) is 0 Å². The van der Waals surface area contributed by atoms with Gasteiger partial charge in [-0.2, -0.15) is 5.26 Å². The molecule has 26 heavy (non-hydrogen) atoms. The number of Topliss-reactive ketones (excluding diaryl/α,β-unsaturated/α-hetero) is 1. The maximum absolute atomic E-state index is 11.9. The zero-order valence-electron chi connectivity index (χ0n) is 15.4. The van der Waals surface area contributed by atoms with Crippen molar-refractivity contribution in [1.82, 2.24) is 4.90 Å². The monoisotopic (exact) mass is 347 g/mol. The van der Waals surface area contributed by atoms with Crippen LogP contribution in [0.5, 0.6) is 0 Å². The van der Waals surface area contributed by atoms with Gasteiger partial charge < -0.3 is 5.32 Å². The Morgan fingerprint density at radius 3 is 2.50 bits per heavy atom. The summed E-state index contributed by atoms with van der Waals surface area (Å²) in [5, 5.41) is 12.6. The molecule has 2 aromatic carbocycles. The van der Waals surface area contributed by atoms with Crippen LogP contribution < -0.4 is 5.32 Å². The Hall–Kier alpha value is -2.64. The molecular weight excluding hydrogens is 322 g/mol. The van der Waals surface area contributed by atoms with Crippen LogP contribution in [-0.4, -0.2) is 29.8 Å². The van der Waals surface area contributed by atoms with E-state index < -0.39 is 0 Å². The second-order valence-corrected chi connectivity index (χ2v) is 6.97. The Labute approximate surface area is 155 Å². The Kier molecular flexibility index (Phi) is 5.70. The molecule has 1 aliphatic rings. The zero-order chi connectivity index (χ0) is 18.5. The minimum atomic E-state index is 0.0205. The summed E-state index contributed by atoms with van der Waals surface area (Å²) in [5.74, 6) is 0.0205. The van der Waals surface area contributed by atoms with Crippen LogP contribution in [-0.2, 0) is 0 Å². The number of nitrogens with zero attached hydrogens (tertiary/aromatic N) is 2. The molecule has 4 heteroatoms. The van der Waals surface area contributed by atoms with Gasteiger partial charge in [-0.25, -0.2) is 0 Å². The number of benzene rings is 2. The second-order valence-electron chi connectivity index (χ2n) is 6.97. The summed E-state index contributed by atoms with van der Waals surface area (Å²) in [6, 6.07) is 18.7. The van der Waals surface area contributed by atoms with Crippen LogP contribution in [0.2, 0.25) is 0 Å². The highest BCUT2D eigenvalue weighted by Gasteiger charge is 2.24. The van der Waals surface area contributed by atoms with Crippen LogP contribution >= 0.6 is 0 Å². The van der Waals surface area contributed by atoms with Crippen molar-refractivity contribution >= 4 is 11.5 Å². The third-order valence-corrected chi connectivity index (χ3v) is 5.25. The molecule has 3 rings (SSSR count). The number of anilines is 1. The van der Waals surface area contributed by atoms with Crippen molar-refractivity contribution in [2.24, 2.45) is 0 Å². The molecule has 134 valence electrons. The number of rotatable bonds is 5. The van der Waals surface area contributed by atoms with Gasteiger partial charge in [-0.05, 0) is 50.5 Å². The van der Waals surface area contributed by atoms with Gasteiger partial charge in [0, 0.05) is 36.4 Å². The molecule has 1 N–H and O–H groups in total. The fourth-order valence-corrected chi connectivity index (χ4v) is 3.63. The van der Waals surface area contributed by atoms with Gasteiger partial charge in [0.1, 0.15) is 0 Å². The lowest BCUT2D eigenvalue weighted by Gasteiger charge is -2.37. The Balaban J connectivity index is 1.64. The predicted octanol–water partition coefficient (Wildman–Crippen LogP) is 4.40. The molecule has 4 nitrogen and oxygen atoms in total. The van der Waals surface area contributed by atoms with E-state index in [-0.39, 0.29) is 5.78 Å². The number of hydrogen-bond donors (Lipinski definition) is 1. The molecule has 0 aliphatic carbocycles. The fourth-order valence-electron chi connectivity index (χ4n) is 3.63.